The highest BCUT2D eigenvalue weighted by molar-refractivity contribution is 5.82. The summed E-state index contributed by atoms with van der Waals surface area (Å²) < 4.78 is 1.77. The van der Waals surface area contributed by atoms with Gasteiger partial charge in [0.1, 0.15) is 5.41 Å². The number of para-hydroxylation sites is 1. The second-order valence-corrected chi connectivity index (χ2v) is 6.72. The van der Waals surface area contributed by atoms with Crippen molar-refractivity contribution >= 4 is 5.97 Å². The minimum atomic E-state index is -1.19. The number of carboxylic acids is 1. The van der Waals surface area contributed by atoms with E-state index in [4.69, 9.17) is 5.73 Å². The van der Waals surface area contributed by atoms with E-state index >= 15 is 0 Å². The molecular formula is C21H23N3O2. The Hall–Kier alpha value is -2.92. The molecule has 3 N–H and O–H groups in total. The molecule has 0 aliphatic rings. The van der Waals surface area contributed by atoms with Crippen molar-refractivity contribution in [3.8, 4) is 5.69 Å². The van der Waals surface area contributed by atoms with Crippen molar-refractivity contribution in [3.05, 3.63) is 83.7 Å². The molecule has 3 rings (SSSR count). The van der Waals surface area contributed by atoms with Crippen LogP contribution in [0.15, 0.2) is 66.9 Å². The summed E-state index contributed by atoms with van der Waals surface area (Å²) in [6.07, 6.45) is 2.24. The van der Waals surface area contributed by atoms with Gasteiger partial charge in [-0.1, -0.05) is 42.5 Å². The van der Waals surface area contributed by atoms with Crippen molar-refractivity contribution in [2.45, 2.75) is 31.7 Å². The molecule has 0 radical (unpaired) electrons. The number of carbonyl (C=O) groups is 1. The fourth-order valence-electron chi connectivity index (χ4n) is 3.25. The van der Waals surface area contributed by atoms with Crippen molar-refractivity contribution < 1.29 is 9.90 Å². The summed E-state index contributed by atoms with van der Waals surface area (Å²) in [5, 5.41) is 14.5. The third-order valence-electron chi connectivity index (χ3n) is 4.98. The number of hydrogen-bond acceptors (Lipinski definition) is 3. The van der Waals surface area contributed by atoms with E-state index in [-0.39, 0.29) is 0 Å². The van der Waals surface area contributed by atoms with Gasteiger partial charge in [-0.05, 0) is 43.2 Å². The van der Waals surface area contributed by atoms with Crippen LogP contribution in [0.4, 0.5) is 0 Å². The Kier molecular flexibility index (Phi) is 4.91. The molecule has 0 aliphatic heterocycles. The third-order valence-corrected chi connectivity index (χ3v) is 4.98. The van der Waals surface area contributed by atoms with Gasteiger partial charge in [0.05, 0.1) is 11.4 Å². The predicted molar refractivity (Wildman–Crippen MR) is 101 cm³/mol. The van der Waals surface area contributed by atoms with Crippen LogP contribution < -0.4 is 5.73 Å². The van der Waals surface area contributed by atoms with E-state index in [9.17, 15) is 9.90 Å². The quantitative estimate of drug-likeness (QED) is 0.716. The first-order valence-electron chi connectivity index (χ1n) is 8.58. The molecule has 0 fully saturated rings. The Morgan fingerprint density at radius 2 is 1.81 bits per heavy atom. The lowest BCUT2D eigenvalue weighted by molar-refractivity contribution is -0.144. The lowest BCUT2D eigenvalue weighted by Gasteiger charge is -2.32. The van der Waals surface area contributed by atoms with E-state index < -0.39 is 17.4 Å². The van der Waals surface area contributed by atoms with Crippen LogP contribution in [0.3, 0.4) is 0 Å². The Bertz CT molecular complexity index is 904. The molecule has 2 unspecified atom stereocenters. The largest absolute Gasteiger partial charge is 0.481 e. The number of benzene rings is 2. The first-order chi connectivity index (χ1) is 12.4. The van der Waals surface area contributed by atoms with Crippen molar-refractivity contribution in [2.75, 3.05) is 0 Å². The molecule has 26 heavy (non-hydrogen) atoms. The molecule has 2 atom stereocenters. The van der Waals surface area contributed by atoms with Gasteiger partial charge in [-0.3, -0.25) is 4.79 Å². The molecule has 134 valence electrons. The van der Waals surface area contributed by atoms with E-state index in [1.165, 1.54) is 0 Å². The second kappa shape index (κ2) is 7.14. The molecule has 1 aromatic heterocycles. The van der Waals surface area contributed by atoms with Gasteiger partial charge in [0.25, 0.3) is 0 Å². The van der Waals surface area contributed by atoms with Gasteiger partial charge in [0, 0.05) is 18.7 Å². The summed E-state index contributed by atoms with van der Waals surface area (Å²) >= 11 is 0. The third kappa shape index (κ3) is 3.26. The first-order valence-corrected chi connectivity index (χ1v) is 8.58. The van der Waals surface area contributed by atoms with Gasteiger partial charge in [0.2, 0.25) is 0 Å². The van der Waals surface area contributed by atoms with Gasteiger partial charge in [0.15, 0.2) is 0 Å². The summed E-state index contributed by atoms with van der Waals surface area (Å²) in [5.41, 5.74) is 8.59. The molecule has 5 nitrogen and oxygen atoms in total. The summed E-state index contributed by atoms with van der Waals surface area (Å²) in [7, 11) is 0. The van der Waals surface area contributed by atoms with Gasteiger partial charge < -0.3 is 10.8 Å². The first kappa shape index (κ1) is 17.9. The van der Waals surface area contributed by atoms with E-state index in [0.717, 1.165) is 22.5 Å². The average molecular weight is 349 g/mol. The van der Waals surface area contributed by atoms with Gasteiger partial charge in [-0.15, -0.1) is 0 Å². The minimum absolute atomic E-state index is 0.372. The number of aryl methyl sites for hydroxylation is 1. The zero-order chi connectivity index (χ0) is 18.7. The lowest BCUT2D eigenvalue weighted by atomic mass is 9.73. The summed E-state index contributed by atoms with van der Waals surface area (Å²) in [4.78, 5) is 12.1. The Morgan fingerprint density at radius 1 is 1.15 bits per heavy atom. The number of nitrogens with two attached hydrogens (primary N) is 1. The van der Waals surface area contributed by atoms with E-state index in [1.54, 1.807) is 11.6 Å². The summed E-state index contributed by atoms with van der Waals surface area (Å²) in [6, 6.07) is 18.5. The fraction of sp³-hybridized carbons (Fsp3) is 0.238. The molecule has 0 saturated carbocycles. The molecule has 3 aromatic rings. The molecule has 0 amide bonds. The van der Waals surface area contributed by atoms with Crippen LogP contribution in [-0.4, -0.2) is 26.9 Å². The topological polar surface area (TPSA) is 81.1 Å². The van der Waals surface area contributed by atoms with Crippen LogP contribution in [0, 0.1) is 6.92 Å². The molecule has 0 bridgehead atoms. The normalized spacial score (nSPS) is 14.6. The minimum Gasteiger partial charge on any atom is -0.481 e. The maximum atomic E-state index is 12.1. The molecule has 5 heteroatoms. The number of aromatic nitrogens is 2. The van der Waals surface area contributed by atoms with E-state index in [0.29, 0.717) is 6.42 Å². The van der Waals surface area contributed by atoms with Gasteiger partial charge in [-0.2, -0.15) is 5.10 Å². The van der Waals surface area contributed by atoms with Gasteiger partial charge >= 0.3 is 5.97 Å². The molecule has 2 aromatic carbocycles. The highest BCUT2D eigenvalue weighted by Crippen LogP contribution is 2.31. The van der Waals surface area contributed by atoms with E-state index in [2.05, 4.69) is 5.10 Å². The number of rotatable bonds is 6. The maximum absolute atomic E-state index is 12.1. The number of carboxylic acid groups (broad SMARTS) is 1. The molecule has 1 heterocycles. The molecule has 0 spiro atoms. The van der Waals surface area contributed by atoms with E-state index in [1.807, 2.05) is 73.8 Å². The Balaban J connectivity index is 1.88. The fourth-order valence-corrected chi connectivity index (χ4v) is 3.25. The van der Waals surface area contributed by atoms with Crippen molar-refractivity contribution in [1.29, 1.82) is 0 Å². The van der Waals surface area contributed by atoms with Crippen molar-refractivity contribution in [1.82, 2.24) is 9.78 Å². The second-order valence-electron chi connectivity index (χ2n) is 6.72. The highest BCUT2D eigenvalue weighted by Gasteiger charge is 2.42. The number of hydrogen-bond donors (Lipinski definition) is 2. The van der Waals surface area contributed by atoms with Crippen molar-refractivity contribution in [3.63, 3.8) is 0 Å². The Morgan fingerprint density at radius 3 is 2.46 bits per heavy atom. The average Bonchev–Trinajstić information content (AvgIpc) is 3.10. The van der Waals surface area contributed by atoms with Crippen LogP contribution in [0.1, 0.15) is 23.7 Å². The van der Waals surface area contributed by atoms with Crippen LogP contribution in [0.25, 0.3) is 5.69 Å². The standard InChI is InChI=1S/C21H23N3O2/c1-15-8-6-7-11-18(15)21(2,20(25)26)19(22)14-16-12-13-24(23-16)17-9-4-3-5-10-17/h3-13,19H,14,22H2,1-2H3,(H,25,26). The van der Waals surface area contributed by atoms with Crippen LogP contribution in [0.2, 0.25) is 0 Å². The van der Waals surface area contributed by atoms with Crippen LogP contribution >= 0.6 is 0 Å². The van der Waals surface area contributed by atoms with Gasteiger partial charge in [-0.25, -0.2) is 4.68 Å². The molecule has 0 saturated heterocycles. The zero-order valence-corrected chi connectivity index (χ0v) is 15.0. The lowest BCUT2D eigenvalue weighted by Crippen LogP contribution is -2.50. The predicted octanol–water partition coefficient (Wildman–Crippen LogP) is 3.09. The zero-order valence-electron chi connectivity index (χ0n) is 15.0. The summed E-state index contributed by atoms with van der Waals surface area (Å²) in [5.74, 6) is -0.929. The molecule has 0 aliphatic carbocycles. The van der Waals surface area contributed by atoms with Crippen LogP contribution in [0.5, 0.6) is 0 Å². The number of nitrogens with zero attached hydrogens (tertiary/aromatic N) is 2. The monoisotopic (exact) mass is 349 g/mol. The van der Waals surface area contributed by atoms with Crippen LogP contribution in [-0.2, 0) is 16.6 Å². The Labute approximate surface area is 153 Å². The summed E-state index contributed by atoms with van der Waals surface area (Å²) in [6.45, 7) is 3.60. The van der Waals surface area contributed by atoms with Crippen molar-refractivity contribution in [2.24, 2.45) is 5.73 Å². The SMILES string of the molecule is Cc1ccccc1C(C)(C(=O)O)C(N)Cc1ccn(-c2ccccc2)n1. The highest BCUT2D eigenvalue weighted by atomic mass is 16.4. The maximum Gasteiger partial charge on any atom is 0.315 e. The smallest absolute Gasteiger partial charge is 0.315 e. The molecular weight excluding hydrogens is 326 g/mol. The number of aliphatic carboxylic acids is 1.